The molecule has 0 aliphatic heterocycles. The Labute approximate surface area is 133 Å². The van der Waals surface area contributed by atoms with Gasteiger partial charge in [0.25, 0.3) is 0 Å². The molecule has 1 fully saturated rings. The van der Waals surface area contributed by atoms with E-state index in [0.29, 0.717) is 12.8 Å². The van der Waals surface area contributed by atoms with Crippen molar-refractivity contribution in [2.75, 3.05) is 6.61 Å². The molecular formula is C14H19NO6S. The molecule has 1 saturated carbocycles. The van der Waals surface area contributed by atoms with Gasteiger partial charge in [0.15, 0.2) is 0 Å². The van der Waals surface area contributed by atoms with Gasteiger partial charge in [0, 0.05) is 37.5 Å². The number of ether oxygens (including phenoxy) is 1. The SMILES string of the molecule is CC(=O)NC(CC(=S)C1C(=O)CCC1COC(C)=O)C(=O)O. The average molecular weight is 329 g/mol. The zero-order valence-electron chi connectivity index (χ0n) is 12.5. The summed E-state index contributed by atoms with van der Waals surface area (Å²) in [6.45, 7) is 2.58. The predicted octanol–water partition coefficient (Wildman–Crippen LogP) is 0.494. The van der Waals surface area contributed by atoms with Crippen molar-refractivity contribution in [3.8, 4) is 0 Å². The maximum atomic E-state index is 12.0. The molecule has 0 radical (unpaired) electrons. The van der Waals surface area contributed by atoms with Gasteiger partial charge in [-0.05, 0) is 6.42 Å². The number of amides is 1. The van der Waals surface area contributed by atoms with Gasteiger partial charge in [-0.15, -0.1) is 0 Å². The van der Waals surface area contributed by atoms with Crippen LogP contribution in [0.15, 0.2) is 0 Å². The maximum Gasteiger partial charge on any atom is 0.326 e. The molecule has 0 aromatic heterocycles. The number of ketones is 1. The van der Waals surface area contributed by atoms with E-state index in [1.54, 1.807) is 0 Å². The topological polar surface area (TPSA) is 110 Å². The van der Waals surface area contributed by atoms with Crippen molar-refractivity contribution in [1.82, 2.24) is 5.32 Å². The lowest BCUT2D eigenvalue weighted by molar-refractivity contribution is -0.142. The van der Waals surface area contributed by atoms with E-state index in [4.69, 9.17) is 22.1 Å². The van der Waals surface area contributed by atoms with E-state index in [1.165, 1.54) is 13.8 Å². The highest BCUT2D eigenvalue weighted by Gasteiger charge is 2.39. The van der Waals surface area contributed by atoms with Crippen molar-refractivity contribution >= 4 is 40.7 Å². The van der Waals surface area contributed by atoms with Gasteiger partial charge < -0.3 is 15.2 Å². The standard InChI is InChI=1S/C14H19NO6S/c1-7(16)15-10(14(19)20)5-12(22)13-9(3-4-11(13)18)6-21-8(2)17/h9-10,13H,3-6H2,1-2H3,(H,15,16)(H,19,20). The number of carboxylic acid groups (broad SMARTS) is 1. The minimum absolute atomic E-state index is 0.0749. The molecule has 0 heterocycles. The molecule has 2 N–H and O–H groups in total. The molecule has 3 atom stereocenters. The van der Waals surface area contributed by atoms with E-state index in [2.05, 4.69) is 5.32 Å². The highest BCUT2D eigenvalue weighted by atomic mass is 32.1. The summed E-state index contributed by atoms with van der Waals surface area (Å²) < 4.78 is 4.93. The predicted molar refractivity (Wildman–Crippen MR) is 80.3 cm³/mol. The Morgan fingerprint density at radius 2 is 2.05 bits per heavy atom. The van der Waals surface area contributed by atoms with E-state index in [-0.39, 0.29) is 29.6 Å². The molecule has 3 unspecified atom stereocenters. The van der Waals surface area contributed by atoms with E-state index < -0.39 is 29.8 Å². The second-order valence-electron chi connectivity index (χ2n) is 5.31. The van der Waals surface area contributed by atoms with Gasteiger partial charge in [-0.25, -0.2) is 4.79 Å². The smallest absolute Gasteiger partial charge is 0.326 e. The first-order chi connectivity index (χ1) is 10.2. The summed E-state index contributed by atoms with van der Waals surface area (Å²) in [7, 11) is 0. The number of nitrogens with one attached hydrogen (secondary N) is 1. The lowest BCUT2D eigenvalue weighted by Gasteiger charge is -2.21. The molecule has 0 spiro atoms. The number of hydrogen-bond donors (Lipinski definition) is 2. The minimum atomic E-state index is -1.21. The Hall–Kier alpha value is -1.83. The third-order valence-corrected chi connectivity index (χ3v) is 3.93. The number of thiocarbonyl (C=S) groups is 1. The summed E-state index contributed by atoms with van der Waals surface area (Å²) in [5.74, 6) is -3.04. The van der Waals surface area contributed by atoms with Crippen LogP contribution in [0.4, 0.5) is 0 Å². The summed E-state index contributed by atoms with van der Waals surface area (Å²) in [6.07, 6.45) is 0.778. The molecule has 1 amide bonds. The Morgan fingerprint density at radius 1 is 1.41 bits per heavy atom. The fourth-order valence-electron chi connectivity index (χ4n) is 2.53. The first kappa shape index (κ1) is 18.2. The summed E-state index contributed by atoms with van der Waals surface area (Å²) >= 11 is 5.22. The van der Waals surface area contributed by atoms with Crippen LogP contribution >= 0.6 is 12.2 Å². The molecule has 1 aliphatic rings. The second-order valence-corrected chi connectivity index (χ2v) is 5.83. The molecule has 0 aromatic rings. The summed E-state index contributed by atoms with van der Waals surface area (Å²) in [5, 5.41) is 11.4. The molecule has 0 saturated heterocycles. The van der Waals surface area contributed by atoms with Crippen LogP contribution in [0.25, 0.3) is 0 Å². The van der Waals surface area contributed by atoms with Crippen LogP contribution in [0.1, 0.15) is 33.1 Å². The number of rotatable bonds is 7. The number of Topliss-reactive ketones (excluding diaryl/α,β-unsaturated/α-hetero) is 1. The van der Waals surface area contributed by atoms with E-state index >= 15 is 0 Å². The summed E-state index contributed by atoms with van der Waals surface area (Å²) in [5.41, 5.74) is 0. The van der Waals surface area contributed by atoms with E-state index in [1.807, 2.05) is 0 Å². The van der Waals surface area contributed by atoms with Crippen LogP contribution in [0.2, 0.25) is 0 Å². The first-order valence-corrected chi connectivity index (χ1v) is 7.32. The highest BCUT2D eigenvalue weighted by molar-refractivity contribution is 7.80. The zero-order chi connectivity index (χ0) is 16.9. The van der Waals surface area contributed by atoms with Crippen molar-refractivity contribution < 1.29 is 29.0 Å². The lowest BCUT2D eigenvalue weighted by Crippen LogP contribution is -2.42. The lowest BCUT2D eigenvalue weighted by atomic mass is 9.89. The fraction of sp³-hybridized carbons (Fsp3) is 0.643. The van der Waals surface area contributed by atoms with Gasteiger partial charge in [-0.2, -0.15) is 0 Å². The molecular weight excluding hydrogens is 310 g/mol. The van der Waals surface area contributed by atoms with Crippen LogP contribution < -0.4 is 5.32 Å². The number of carbonyl (C=O) groups excluding carboxylic acids is 3. The zero-order valence-corrected chi connectivity index (χ0v) is 13.3. The number of hydrogen-bond acceptors (Lipinski definition) is 6. The van der Waals surface area contributed by atoms with E-state index in [9.17, 15) is 19.2 Å². The van der Waals surface area contributed by atoms with Gasteiger partial charge in [0.2, 0.25) is 5.91 Å². The molecule has 7 nitrogen and oxygen atoms in total. The van der Waals surface area contributed by atoms with Crippen molar-refractivity contribution in [1.29, 1.82) is 0 Å². The number of carbonyl (C=O) groups is 4. The van der Waals surface area contributed by atoms with Crippen LogP contribution in [0, 0.1) is 11.8 Å². The minimum Gasteiger partial charge on any atom is -0.480 e. The Balaban J connectivity index is 2.74. The van der Waals surface area contributed by atoms with Crippen molar-refractivity contribution in [3.63, 3.8) is 0 Å². The third-order valence-electron chi connectivity index (χ3n) is 3.51. The number of aliphatic carboxylic acids is 1. The molecule has 0 bridgehead atoms. The summed E-state index contributed by atoms with van der Waals surface area (Å²) in [4.78, 5) is 45.3. The number of esters is 1. The van der Waals surface area contributed by atoms with Gasteiger partial charge in [0.05, 0.1) is 12.5 Å². The van der Waals surface area contributed by atoms with Gasteiger partial charge in [0.1, 0.15) is 11.8 Å². The highest BCUT2D eigenvalue weighted by Crippen LogP contribution is 2.31. The largest absolute Gasteiger partial charge is 0.480 e. The first-order valence-electron chi connectivity index (χ1n) is 6.91. The third kappa shape index (κ3) is 5.18. The monoisotopic (exact) mass is 329 g/mol. The average Bonchev–Trinajstić information content (AvgIpc) is 2.76. The van der Waals surface area contributed by atoms with Crippen LogP contribution in [-0.4, -0.2) is 46.2 Å². The molecule has 1 aliphatic carbocycles. The molecule has 122 valence electrons. The quantitative estimate of drug-likeness (QED) is 0.517. The molecule has 22 heavy (non-hydrogen) atoms. The van der Waals surface area contributed by atoms with Gasteiger partial charge in [-0.3, -0.25) is 14.4 Å². The van der Waals surface area contributed by atoms with Gasteiger partial charge >= 0.3 is 11.9 Å². The van der Waals surface area contributed by atoms with Crippen molar-refractivity contribution in [2.24, 2.45) is 11.8 Å². The second kappa shape index (κ2) is 7.98. The molecule has 8 heteroatoms. The van der Waals surface area contributed by atoms with Crippen molar-refractivity contribution in [2.45, 2.75) is 39.2 Å². The Kier molecular flexibility index (Phi) is 6.61. The molecule has 1 rings (SSSR count). The Bertz CT molecular complexity index is 504. The van der Waals surface area contributed by atoms with Crippen LogP contribution in [0.5, 0.6) is 0 Å². The molecule has 0 aromatic carbocycles. The van der Waals surface area contributed by atoms with Crippen molar-refractivity contribution in [3.05, 3.63) is 0 Å². The van der Waals surface area contributed by atoms with Gasteiger partial charge in [-0.1, -0.05) is 12.2 Å². The van der Waals surface area contributed by atoms with Crippen LogP contribution in [0.3, 0.4) is 0 Å². The summed E-state index contributed by atoms with van der Waals surface area (Å²) in [6, 6.07) is -1.16. The normalized spacial score (nSPS) is 22.0. The number of carboxylic acids is 1. The fourth-order valence-corrected chi connectivity index (χ4v) is 3.02. The maximum absolute atomic E-state index is 12.0. The Morgan fingerprint density at radius 3 is 2.55 bits per heavy atom. The van der Waals surface area contributed by atoms with Crippen LogP contribution in [-0.2, 0) is 23.9 Å². The van der Waals surface area contributed by atoms with E-state index in [0.717, 1.165) is 0 Å².